The molecule has 0 fully saturated rings. The Morgan fingerprint density at radius 2 is 2.08 bits per heavy atom. The molecule has 0 bridgehead atoms. The highest BCUT2D eigenvalue weighted by atomic mass is 16.6. The number of nitrogen functional groups attached to an aromatic ring is 1. The summed E-state index contributed by atoms with van der Waals surface area (Å²) in [5.41, 5.74) is 7.32. The molecule has 13 heavy (non-hydrogen) atoms. The summed E-state index contributed by atoms with van der Waals surface area (Å²) in [6.45, 7) is 1.15. The van der Waals surface area contributed by atoms with Gasteiger partial charge in [-0.15, -0.1) is 0 Å². The SMILES string of the molecule is CNc1ccc2c(c1N)OCCO2. The van der Waals surface area contributed by atoms with Gasteiger partial charge in [0.1, 0.15) is 18.9 Å². The van der Waals surface area contributed by atoms with Gasteiger partial charge in [-0.25, -0.2) is 0 Å². The molecule has 2 rings (SSSR count). The summed E-state index contributed by atoms with van der Waals surface area (Å²) in [7, 11) is 1.82. The molecular formula is C9H12N2O2. The number of benzene rings is 1. The van der Waals surface area contributed by atoms with Crippen molar-refractivity contribution in [2.45, 2.75) is 0 Å². The normalized spacial score (nSPS) is 13.9. The third-order valence-corrected chi connectivity index (χ3v) is 2.02. The zero-order valence-electron chi connectivity index (χ0n) is 7.46. The molecule has 1 aliphatic rings. The van der Waals surface area contributed by atoms with Crippen LogP contribution in [0.3, 0.4) is 0 Å². The molecule has 1 aliphatic heterocycles. The van der Waals surface area contributed by atoms with Crippen LogP contribution in [0.15, 0.2) is 12.1 Å². The lowest BCUT2D eigenvalue weighted by molar-refractivity contribution is 0.173. The minimum Gasteiger partial charge on any atom is -0.486 e. The molecule has 0 saturated heterocycles. The van der Waals surface area contributed by atoms with Gasteiger partial charge < -0.3 is 20.5 Å². The third kappa shape index (κ3) is 1.24. The van der Waals surface area contributed by atoms with E-state index in [0.717, 1.165) is 11.4 Å². The number of hydrogen-bond acceptors (Lipinski definition) is 4. The molecule has 0 radical (unpaired) electrons. The molecule has 0 spiro atoms. The molecule has 0 unspecified atom stereocenters. The first-order valence-electron chi connectivity index (χ1n) is 4.18. The van der Waals surface area contributed by atoms with Crippen molar-refractivity contribution in [3.05, 3.63) is 12.1 Å². The van der Waals surface area contributed by atoms with Crippen LogP contribution in [0.4, 0.5) is 11.4 Å². The highest BCUT2D eigenvalue weighted by Crippen LogP contribution is 2.40. The van der Waals surface area contributed by atoms with E-state index in [1.807, 2.05) is 19.2 Å². The van der Waals surface area contributed by atoms with Crippen molar-refractivity contribution in [1.82, 2.24) is 0 Å². The van der Waals surface area contributed by atoms with Crippen molar-refractivity contribution >= 4 is 11.4 Å². The lowest BCUT2D eigenvalue weighted by Gasteiger charge is -2.21. The zero-order valence-corrected chi connectivity index (χ0v) is 7.46. The number of fused-ring (bicyclic) bond motifs is 1. The van der Waals surface area contributed by atoms with Crippen molar-refractivity contribution < 1.29 is 9.47 Å². The molecule has 1 aromatic rings. The van der Waals surface area contributed by atoms with Crippen LogP contribution in [0.25, 0.3) is 0 Å². The van der Waals surface area contributed by atoms with Crippen LogP contribution in [0.5, 0.6) is 11.5 Å². The van der Waals surface area contributed by atoms with E-state index in [2.05, 4.69) is 5.32 Å². The Kier molecular flexibility index (Phi) is 1.88. The van der Waals surface area contributed by atoms with Gasteiger partial charge in [0.15, 0.2) is 11.5 Å². The summed E-state index contributed by atoms with van der Waals surface area (Å²) in [4.78, 5) is 0. The van der Waals surface area contributed by atoms with Gasteiger partial charge in [-0.05, 0) is 12.1 Å². The molecule has 0 aliphatic carbocycles. The summed E-state index contributed by atoms with van der Waals surface area (Å²) in [5, 5.41) is 2.98. The van der Waals surface area contributed by atoms with Gasteiger partial charge in [0.2, 0.25) is 0 Å². The van der Waals surface area contributed by atoms with E-state index in [-0.39, 0.29) is 0 Å². The lowest BCUT2D eigenvalue weighted by atomic mass is 10.2. The van der Waals surface area contributed by atoms with Crippen LogP contribution < -0.4 is 20.5 Å². The van der Waals surface area contributed by atoms with Crippen molar-refractivity contribution in [2.75, 3.05) is 31.3 Å². The monoisotopic (exact) mass is 180 g/mol. The number of nitrogens with one attached hydrogen (secondary N) is 1. The molecule has 0 saturated carbocycles. The molecule has 1 heterocycles. The zero-order chi connectivity index (χ0) is 9.26. The molecule has 3 N–H and O–H groups in total. The minimum atomic E-state index is 0.560. The van der Waals surface area contributed by atoms with Crippen LogP contribution in [0.1, 0.15) is 0 Å². The Labute approximate surface area is 76.6 Å². The third-order valence-electron chi connectivity index (χ3n) is 2.02. The van der Waals surface area contributed by atoms with E-state index >= 15 is 0 Å². The summed E-state index contributed by atoms with van der Waals surface area (Å²) in [6, 6.07) is 3.74. The Morgan fingerprint density at radius 1 is 1.31 bits per heavy atom. The summed E-state index contributed by atoms with van der Waals surface area (Å²) in [6.07, 6.45) is 0. The second-order valence-corrected chi connectivity index (χ2v) is 2.80. The van der Waals surface area contributed by atoms with Crippen LogP contribution in [0.2, 0.25) is 0 Å². The second-order valence-electron chi connectivity index (χ2n) is 2.80. The molecule has 4 heteroatoms. The average molecular weight is 180 g/mol. The Hall–Kier alpha value is -1.58. The second kappa shape index (κ2) is 3.05. The fourth-order valence-electron chi connectivity index (χ4n) is 1.36. The highest BCUT2D eigenvalue weighted by molar-refractivity contribution is 5.76. The van der Waals surface area contributed by atoms with Gasteiger partial charge in [-0.3, -0.25) is 0 Å². The number of ether oxygens (including phenoxy) is 2. The predicted molar refractivity (Wildman–Crippen MR) is 51.4 cm³/mol. The number of anilines is 2. The molecular weight excluding hydrogens is 168 g/mol. The van der Waals surface area contributed by atoms with Crippen LogP contribution in [-0.4, -0.2) is 20.3 Å². The Balaban J connectivity index is 2.48. The molecule has 1 aromatic carbocycles. The van der Waals surface area contributed by atoms with Crippen LogP contribution in [-0.2, 0) is 0 Å². The molecule has 70 valence electrons. The fraction of sp³-hybridized carbons (Fsp3) is 0.333. The van der Waals surface area contributed by atoms with Gasteiger partial charge in [0, 0.05) is 7.05 Å². The topological polar surface area (TPSA) is 56.5 Å². The maximum absolute atomic E-state index is 5.85. The van der Waals surface area contributed by atoms with Gasteiger partial charge in [-0.1, -0.05) is 0 Å². The van der Waals surface area contributed by atoms with E-state index in [1.54, 1.807) is 0 Å². The Bertz CT molecular complexity index is 326. The van der Waals surface area contributed by atoms with Crippen LogP contribution >= 0.6 is 0 Å². The number of hydrogen-bond donors (Lipinski definition) is 2. The smallest absolute Gasteiger partial charge is 0.186 e. The molecule has 0 amide bonds. The minimum absolute atomic E-state index is 0.560. The van der Waals surface area contributed by atoms with Crippen molar-refractivity contribution in [1.29, 1.82) is 0 Å². The van der Waals surface area contributed by atoms with E-state index in [1.165, 1.54) is 0 Å². The maximum Gasteiger partial charge on any atom is 0.186 e. The van der Waals surface area contributed by atoms with E-state index in [9.17, 15) is 0 Å². The van der Waals surface area contributed by atoms with Crippen LogP contribution in [0, 0.1) is 0 Å². The van der Waals surface area contributed by atoms with Gasteiger partial charge in [0.05, 0.1) is 5.69 Å². The van der Waals surface area contributed by atoms with Gasteiger partial charge >= 0.3 is 0 Å². The summed E-state index contributed by atoms with van der Waals surface area (Å²) < 4.78 is 10.8. The first-order chi connectivity index (χ1) is 6.33. The molecule has 4 nitrogen and oxygen atoms in total. The number of nitrogens with two attached hydrogens (primary N) is 1. The van der Waals surface area contributed by atoms with E-state index in [4.69, 9.17) is 15.2 Å². The van der Waals surface area contributed by atoms with Crippen molar-refractivity contribution in [3.63, 3.8) is 0 Å². The van der Waals surface area contributed by atoms with E-state index < -0.39 is 0 Å². The maximum atomic E-state index is 5.85. The standard InChI is InChI=1S/C9H12N2O2/c1-11-6-2-3-7-9(8(6)10)13-5-4-12-7/h2-3,11H,4-5,10H2,1H3. The van der Waals surface area contributed by atoms with Crippen molar-refractivity contribution in [3.8, 4) is 11.5 Å². The van der Waals surface area contributed by atoms with E-state index in [0.29, 0.717) is 24.7 Å². The largest absolute Gasteiger partial charge is 0.486 e. The first kappa shape index (κ1) is 8.04. The predicted octanol–water partition coefficient (Wildman–Crippen LogP) is 1.08. The lowest BCUT2D eigenvalue weighted by Crippen LogP contribution is -2.16. The summed E-state index contributed by atoms with van der Waals surface area (Å²) in [5.74, 6) is 1.38. The molecule has 0 aromatic heterocycles. The Morgan fingerprint density at radius 3 is 2.85 bits per heavy atom. The quantitative estimate of drug-likeness (QED) is 0.635. The average Bonchev–Trinajstić information content (AvgIpc) is 2.19. The number of rotatable bonds is 1. The first-order valence-corrected chi connectivity index (χ1v) is 4.18. The highest BCUT2D eigenvalue weighted by Gasteiger charge is 2.16. The van der Waals surface area contributed by atoms with Gasteiger partial charge in [0.25, 0.3) is 0 Å². The fourth-order valence-corrected chi connectivity index (χ4v) is 1.36. The van der Waals surface area contributed by atoms with Crippen molar-refractivity contribution in [2.24, 2.45) is 0 Å². The molecule has 0 atom stereocenters. The van der Waals surface area contributed by atoms with Gasteiger partial charge in [-0.2, -0.15) is 0 Å². The summed E-state index contributed by atoms with van der Waals surface area (Å²) >= 11 is 0.